The Hall–Kier alpha value is -3.29. The molecule has 3 aromatic rings. The Morgan fingerprint density at radius 2 is 1.32 bits per heavy atom. The number of rotatable bonds is 5. The summed E-state index contributed by atoms with van der Waals surface area (Å²) in [6.45, 7) is -1.51. The number of hydrogen-bond donors (Lipinski definition) is 11. The molecule has 2 fully saturated rings. The van der Waals surface area contributed by atoms with Gasteiger partial charge >= 0.3 is 0 Å². The van der Waals surface area contributed by atoms with E-state index in [1.807, 2.05) is 0 Å². The third kappa shape index (κ3) is 4.73. The predicted molar refractivity (Wildman–Crippen MR) is 132 cm³/mol. The van der Waals surface area contributed by atoms with Crippen molar-refractivity contribution in [3.8, 4) is 23.0 Å². The van der Waals surface area contributed by atoms with Gasteiger partial charge < -0.3 is 74.8 Å². The molecule has 0 amide bonds. The highest BCUT2D eigenvalue weighted by atomic mass is 16.7. The molecule has 0 aliphatic carbocycles. The number of aliphatic hydroxyl groups is 8. The zero-order valence-corrected chi connectivity index (χ0v) is 20.9. The topological polar surface area (TPSA) is 280 Å². The lowest BCUT2D eigenvalue weighted by atomic mass is 9.89. The van der Waals surface area contributed by atoms with E-state index in [1.165, 1.54) is 0 Å². The molecule has 10 atom stereocenters. The van der Waals surface area contributed by atoms with Crippen LogP contribution in [0.5, 0.6) is 23.0 Å². The van der Waals surface area contributed by atoms with Crippen molar-refractivity contribution < 1.29 is 74.8 Å². The molecule has 11 N–H and O–H groups in total. The Balaban J connectivity index is 1.57. The predicted octanol–water partition coefficient (Wildman–Crippen LogP) is -3.24. The van der Waals surface area contributed by atoms with Gasteiger partial charge in [0.05, 0.1) is 24.2 Å². The SMILES string of the molecule is O=c1c2cc(O)c(O[C@H]3O[C@@H](CO)[C@H](O)[C@@H](O)[C@@H]3O)cc2oc2cc(O)c([C@@H]3O[C@H](CO)[C@@H](O)[C@H](O)[C@H]3O)c(O)c12. The van der Waals surface area contributed by atoms with E-state index in [2.05, 4.69) is 0 Å². The number of benzene rings is 2. The highest BCUT2D eigenvalue weighted by Crippen LogP contribution is 2.45. The number of phenols is 3. The van der Waals surface area contributed by atoms with Gasteiger partial charge in [0.15, 0.2) is 11.5 Å². The average molecular weight is 584 g/mol. The van der Waals surface area contributed by atoms with Crippen molar-refractivity contribution in [1.82, 2.24) is 0 Å². The van der Waals surface area contributed by atoms with E-state index in [0.717, 1.165) is 18.2 Å². The second-order valence-electron chi connectivity index (χ2n) is 9.84. The van der Waals surface area contributed by atoms with Crippen molar-refractivity contribution in [2.75, 3.05) is 13.2 Å². The maximum atomic E-state index is 13.4. The van der Waals surface area contributed by atoms with Gasteiger partial charge in [-0.15, -0.1) is 0 Å². The first-order chi connectivity index (χ1) is 19.4. The molecular formula is C25H28O16. The van der Waals surface area contributed by atoms with E-state index < -0.39 is 114 Å². The van der Waals surface area contributed by atoms with Crippen LogP contribution in [-0.4, -0.2) is 125 Å². The maximum absolute atomic E-state index is 13.4. The van der Waals surface area contributed by atoms with Crippen LogP contribution in [0.25, 0.3) is 21.9 Å². The standard InChI is InChI=1S/C25H28O16/c26-4-12-17(31)20(34)22(36)24(39-12)14-8(29)2-11-15(19(14)33)16(30)6-1-7(28)10(3-9(6)38-11)40-25-23(37)21(35)18(32)13(5-27)41-25/h1-3,12-13,17-18,20-29,31-37H,4-5H2/t12-,13+,17-,18+,20+,21-,22-,23+,24+,25+/m1/s1. The van der Waals surface area contributed by atoms with Gasteiger partial charge in [0.2, 0.25) is 11.7 Å². The summed E-state index contributed by atoms with van der Waals surface area (Å²) >= 11 is 0. The van der Waals surface area contributed by atoms with Crippen molar-refractivity contribution in [1.29, 1.82) is 0 Å². The van der Waals surface area contributed by atoms with E-state index in [9.17, 15) is 61.0 Å². The second-order valence-corrected chi connectivity index (χ2v) is 9.84. The zero-order valence-electron chi connectivity index (χ0n) is 20.9. The quantitative estimate of drug-likeness (QED) is 0.131. The van der Waals surface area contributed by atoms with Crippen molar-refractivity contribution in [3.05, 3.63) is 34.0 Å². The summed E-state index contributed by atoms with van der Waals surface area (Å²) < 4.78 is 21.7. The third-order valence-corrected chi connectivity index (χ3v) is 7.30. The smallest absolute Gasteiger partial charge is 0.229 e. The van der Waals surface area contributed by atoms with Crippen LogP contribution in [0.15, 0.2) is 27.4 Å². The van der Waals surface area contributed by atoms with Gasteiger partial charge in [-0.25, -0.2) is 0 Å². The summed E-state index contributed by atoms with van der Waals surface area (Å²) in [6, 6.07) is 2.84. The molecular weight excluding hydrogens is 556 g/mol. The molecule has 0 bridgehead atoms. The molecule has 16 nitrogen and oxygen atoms in total. The van der Waals surface area contributed by atoms with Crippen LogP contribution in [-0.2, 0) is 9.47 Å². The van der Waals surface area contributed by atoms with Crippen LogP contribution < -0.4 is 10.2 Å². The van der Waals surface area contributed by atoms with Crippen molar-refractivity contribution in [2.24, 2.45) is 0 Å². The molecule has 0 saturated carbocycles. The Bertz CT molecular complexity index is 1500. The third-order valence-electron chi connectivity index (χ3n) is 7.30. The molecule has 5 rings (SSSR count). The molecule has 2 aromatic carbocycles. The van der Waals surface area contributed by atoms with Crippen LogP contribution in [0, 0.1) is 0 Å². The monoisotopic (exact) mass is 584 g/mol. The minimum absolute atomic E-state index is 0.237. The number of ether oxygens (including phenoxy) is 3. The molecule has 0 radical (unpaired) electrons. The van der Waals surface area contributed by atoms with E-state index >= 15 is 0 Å². The number of aliphatic hydroxyl groups excluding tert-OH is 8. The molecule has 0 unspecified atom stereocenters. The van der Waals surface area contributed by atoms with Crippen LogP contribution in [0.3, 0.4) is 0 Å². The molecule has 3 heterocycles. The summed E-state index contributed by atoms with van der Waals surface area (Å²) in [6.07, 6.45) is -16.7. The molecule has 224 valence electrons. The summed E-state index contributed by atoms with van der Waals surface area (Å²) in [5.41, 5.74) is -2.05. The lowest BCUT2D eigenvalue weighted by Crippen LogP contribution is -2.60. The fourth-order valence-corrected chi connectivity index (χ4v) is 5.02. The first-order valence-electron chi connectivity index (χ1n) is 12.4. The van der Waals surface area contributed by atoms with Gasteiger partial charge in [0.25, 0.3) is 0 Å². The average Bonchev–Trinajstić information content (AvgIpc) is 2.93. The van der Waals surface area contributed by atoms with Crippen molar-refractivity contribution in [2.45, 2.75) is 61.2 Å². The van der Waals surface area contributed by atoms with Gasteiger partial charge in [0.1, 0.15) is 83.0 Å². The Morgan fingerprint density at radius 1 is 0.707 bits per heavy atom. The van der Waals surface area contributed by atoms with Gasteiger partial charge in [-0.05, 0) is 6.07 Å². The summed E-state index contributed by atoms with van der Waals surface area (Å²) in [7, 11) is 0. The molecule has 2 aliphatic rings. The summed E-state index contributed by atoms with van der Waals surface area (Å²) in [5, 5.41) is 111. The highest BCUT2D eigenvalue weighted by Gasteiger charge is 2.47. The number of fused-ring (bicyclic) bond motifs is 2. The highest BCUT2D eigenvalue weighted by molar-refractivity contribution is 5.96. The van der Waals surface area contributed by atoms with E-state index in [1.54, 1.807) is 0 Å². The Labute approximate surface area is 228 Å². The van der Waals surface area contributed by atoms with Gasteiger partial charge in [-0.1, -0.05) is 0 Å². The largest absolute Gasteiger partial charge is 0.507 e. The zero-order chi connectivity index (χ0) is 29.9. The van der Waals surface area contributed by atoms with E-state index in [4.69, 9.17) is 18.6 Å². The first kappa shape index (κ1) is 29.2. The van der Waals surface area contributed by atoms with E-state index in [-0.39, 0.29) is 16.6 Å². The molecule has 41 heavy (non-hydrogen) atoms. The second kappa shape index (κ2) is 10.8. The number of aromatic hydroxyl groups is 3. The molecule has 1 aromatic heterocycles. The number of hydrogen-bond acceptors (Lipinski definition) is 16. The summed E-state index contributed by atoms with van der Waals surface area (Å²) in [5.74, 6) is -2.72. The summed E-state index contributed by atoms with van der Waals surface area (Å²) in [4.78, 5) is 13.4. The number of phenolic OH excluding ortho intramolecular Hbond substituents is 3. The van der Waals surface area contributed by atoms with Gasteiger partial charge in [-0.3, -0.25) is 4.79 Å². The molecule has 0 spiro atoms. The lowest BCUT2D eigenvalue weighted by Gasteiger charge is -2.40. The first-order valence-corrected chi connectivity index (χ1v) is 12.4. The fourth-order valence-electron chi connectivity index (χ4n) is 5.02. The van der Waals surface area contributed by atoms with Crippen molar-refractivity contribution >= 4 is 21.9 Å². The molecule has 16 heteroatoms. The lowest BCUT2D eigenvalue weighted by molar-refractivity contribution is -0.277. The normalized spacial score (nSPS) is 34.2. The fraction of sp³-hybridized carbons (Fsp3) is 0.480. The van der Waals surface area contributed by atoms with Crippen molar-refractivity contribution in [3.63, 3.8) is 0 Å². The van der Waals surface area contributed by atoms with Crippen LogP contribution in [0.2, 0.25) is 0 Å². The molecule has 2 saturated heterocycles. The van der Waals surface area contributed by atoms with Gasteiger partial charge in [-0.2, -0.15) is 0 Å². The minimum Gasteiger partial charge on any atom is -0.507 e. The maximum Gasteiger partial charge on any atom is 0.229 e. The van der Waals surface area contributed by atoms with Crippen LogP contribution in [0.4, 0.5) is 0 Å². The van der Waals surface area contributed by atoms with Gasteiger partial charge in [0, 0.05) is 12.1 Å². The van der Waals surface area contributed by atoms with E-state index in [0.29, 0.717) is 0 Å². The Kier molecular flexibility index (Phi) is 7.72. The minimum atomic E-state index is -1.89. The molecule has 2 aliphatic heterocycles. The Morgan fingerprint density at radius 3 is 1.95 bits per heavy atom. The van der Waals surface area contributed by atoms with Crippen LogP contribution >= 0.6 is 0 Å². The van der Waals surface area contributed by atoms with Crippen LogP contribution in [0.1, 0.15) is 11.7 Å².